The van der Waals surface area contributed by atoms with Crippen LogP contribution in [0.15, 0.2) is 5.03 Å². The monoisotopic (exact) mass is 263 g/mol. The Balaban J connectivity index is 2.71. The van der Waals surface area contributed by atoms with Gasteiger partial charge >= 0.3 is 0 Å². The minimum atomic E-state index is -2.91. The van der Waals surface area contributed by atoms with Crippen LogP contribution in [-0.4, -0.2) is 36.0 Å². The molecular formula is C9H17N3O2S2. The molecule has 0 atom stereocenters. The number of aryl methyl sites for hydroxylation is 2. The number of nitrogens with zero attached hydrogens (tertiary/aromatic N) is 2. The third-order valence-electron chi connectivity index (χ3n) is 2.13. The maximum atomic E-state index is 11.0. The summed E-state index contributed by atoms with van der Waals surface area (Å²) in [6.45, 7) is 1.99. The molecule has 0 fully saturated rings. The number of sulfone groups is 1. The Kier molecular flexibility index (Phi) is 4.26. The smallest absolute Gasteiger partial charge is 0.148 e. The molecule has 16 heavy (non-hydrogen) atoms. The molecule has 0 aliphatic carbocycles. The van der Waals surface area contributed by atoms with E-state index in [9.17, 15) is 8.42 Å². The molecule has 1 aromatic rings. The van der Waals surface area contributed by atoms with Gasteiger partial charge in [0.25, 0.3) is 0 Å². The number of nitrogens with two attached hydrogens (primary N) is 1. The average molecular weight is 263 g/mol. The Hall–Kier alpha value is -0.690. The maximum absolute atomic E-state index is 11.0. The number of rotatable bonds is 5. The van der Waals surface area contributed by atoms with E-state index in [1.165, 1.54) is 18.0 Å². The van der Waals surface area contributed by atoms with Crippen LogP contribution >= 0.6 is 11.8 Å². The highest BCUT2D eigenvalue weighted by atomic mass is 32.2. The van der Waals surface area contributed by atoms with E-state index < -0.39 is 9.84 Å². The van der Waals surface area contributed by atoms with Gasteiger partial charge in [-0.1, -0.05) is 6.92 Å². The number of hydrogen-bond donors (Lipinski definition) is 1. The number of thioether (sulfide) groups is 1. The molecule has 0 saturated carbocycles. The lowest BCUT2D eigenvalue weighted by molar-refractivity contribution is 0.603. The highest BCUT2D eigenvalue weighted by Gasteiger charge is 2.13. The van der Waals surface area contributed by atoms with Crippen molar-refractivity contribution in [3.63, 3.8) is 0 Å². The number of anilines is 1. The standard InChI is InChI=1S/C9H17N3O2S2/c1-4-7-8(10)9(12(2)11-7)15-5-6-16(3,13)14/h4-6,10H2,1-3H3. The van der Waals surface area contributed by atoms with Gasteiger partial charge in [0.1, 0.15) is 14.9 Å². The molecule has 92 valence electrons. The van der Waals surface area contributed by atoms with Crippen LogP contribution in [0.3, 0.4) is 0 Å². The predicted molar refractivity (Wildman–Crippen MR) is 67.4 cm³/mol. The number of nitrogen functional groups attached to an aromatic ring is 1. The van der Waals surface area contributed by atoms with Crippen LogP contribution in [-0.2, 0) is 23.3 Å². The van der Waals surface area contributed by atoms with Gasteiger partial charge in [-0.3, -0.25) is 4.68 Å². The first kappa shape index (κ1) is 13.4. The number of aromatic nitrogens is 2. The second-order valence-electron chi connectivity index (χ2n) is 3.62. The summed E-state index contributed by atoms with van der Waals surface area (Å²) in [7, 11) is -1.09. The van der Waals surface area contributed by atoms with Crippen LogP contribution in [0.4, 0.5) is 5.69 Å². The highest BCUT2D eigenvalue weighted by Crippen LogP contribution is 2.27. The molecule has 5 nitrogen and oxygen atoms in total. The SMILES string of the molecule is CCc1nn(C)c(SCCS(C)(=O)=O)c1N. The zero-order valence-corrected chi connectivity index (χ0v) is 11.4. The highest BCUT2D eigenvalue weighted by molar-refractivity contribution is 8.00. The zero-order valence-electron chi connectivity index (χ0n) is 9.73. The van der Waals surface area contributed by atoms with Crippen molar-refractivity contribution >= 4 is 27.3 Å². The topological polar surface area (TPSA) is 78.0 Å². The van der Waals surface area contributed by atoms with Crippen molar-refractivity contribution in [2.24, 2.45) is 7.05 Å². The summed E-state index contributed by atoms with van der Waals surface area (Å²) in [6, 6.07) is 0. The van der Waals surface area contributed by atoms with Crippen molar-refractivity contribution < 1.29 is 8.42 Å². The van der Waals surface area contributed by atoms with Gasteiger partial charge in [-0.05, 0) is 6.42 Å². The van der Waals surface area contributed by atoms with Crippen molar-refractivity contribution in [2.45, 2.75) is 18.4 Å². The van der Waals surface area contributed by atoms with E-state index in [2.05, 4.69) is 5.10 Å². The van der Waals surface area contributed by atoms with Crippen molar-refractivity contribution in [2.75, 3.05) is 23.5 Å². The van der Waals surface area contributed by atoms with Gasteiger partial charge in [0, 0.05) is 19.1 Å². The van der Waals surface area contributed by atoms with E-state index in [0.717, 1.165) is 17.1 Å². The Labute approximate surface area is 100 Å². The first-order valence-electron chi connectivity index (χ1n) is 4.97. The third kappa shape index (κ3) is 3.41. The molecule has 0 amide bonds. The van der Waals surface area contributed by atoms with Crippen LogP contribution in [0.2, 0.25) is 0 Å². The van der Waals surface area contributed by atoms with Gasteiger partial charge in [-0.15, -0.1) is 11.8 Å². The lowest BCUT2D eigenvalue weighted by Gasteiger charge is -2.02. The fraction of sp³-hybridized carbons (Fsp3) is 0.667. The summed E-state index contributed by atoms with van der Waals surface area (Å²) in [5.41, 5.74) is 7.45. The maximum Gasteiger partial charge on any atom is 0.148 e. The second kappa shape index (κ2) is 5.09. The average Bonchev–Trinajstić information content (AvgIpc) is 2.42. The van der Waals surface area contributed by atoms with Crippen LogP contribution in [0, 0.1) is 0 Å². The molecule has 2 N–H and O–H groups in total. The fourth-order valence-electron chi connectivity index (χ4n) is 1.30. The quantitative estimate of drug-likeness (QED) is 0.791. The van der Waals surface area contributed by atoms with Gasteiger partial charge in [-0.2, -0.15) is 5.10 Å². The lowest BCUT2D eigenvalue weighted by atomic mass is 10.3. The molecule has 0 aliphatic heterocycles. The first-order chi connectivity index (χ1) is 7.35. The molecule has 1 aromatic heterocycles. The molecule has 1 heterocycles. The van der Waals surface area contributed by atoms with Crippen molar-refractivity contribution in [1.29, 1.82) is 0 Å². The van der Waals surface area contributed by atoms with E-state index in [0.29, 0.717) is 11.4 Å². The van der Waals surface area contributed by atoms with Gasteiger partial charge in [0.15, 0.2) is 0 Å². The van der Waals surface area contributed by atoms with Gasteiger partial charge in [-0.25, -0.2) is 8.42 Å². The van der Waals surface area contributed by atoms with E-state index in [4.69, 9.17) is 5.73 Å². The van der Waals surface area contributed by atoms with E-state index >= 15 is 0 Å². The zero-order chi connectivity index (χ0) is 12.3. The van der Waals surface area contributed by atoms with E-state index in [1.807, 2.05) is 14.0 Å². The third-order valence-corrected chi connectivity index (χ3v) is 4.50. The second-order valence-corrected chi connectivity index (χ2v) is 6.96. The number of hydrogen-bond acceptors (Lipinski definition) is 5. The summed E-state index contributed by atoms with van der Waals surface area (Å²) in [4.78, 5) is 0. The Morgan fingerprint density at radius 2 is 2.12 bits per heavy atom. The van der Waals surface area contributed by atoms with Crippen LogP contribution in [0.5, 0.6) is 0 Å². The largest absolute Gasteiger partial charge is 0.395 e. The van der Waals surface area contributed by atoms with Crippen LogP contribution < -0.4 is 5.73 Å². The van der Waals surface area contributed by atoms with E-state index in [-0.39, 0.29) is 5.75 Å². The summed E-state index contributed by atoms with van der Waals surface area (Å²) in [5, 5.41) is 5.11. The minimum absolute atomic E-state index is 0.156. The van der Waals surface area contributed by atoms with Crippen LogP contribution in [0.25, 0.3) is 0 Å². The molecule has 0 spiro atoms. The molecule has 1 rings (SSSR count). The predicted octanol–water partition coefficient (Wildman–Crippen LogP) is 0.701. The lowest BCUT2D eigenvalue weighted by Crippen LogP contribution is -2.06. The first-order valence-corrected chi connectivity index (χ1v) is 8.01. The Bertz CT molecular complexity index is 465. The molecular weight excluding hydrogens is 246 g/mol. The summed E-state index contributed by atoms with van der Waals surface area (Å²) in [5.74, 6) is 0.662. The molecule has 0 aromatic carbocycles. The fourth-order valence-corrected chi connectivity index (χ4v) is 3.54. The van der Waals surface area contributed by atoms with E-state index in [1.54, 1.807) is 4.68 Å². The molecule has 0 saturated heterocycles. The molecule has 7 heteroatoms. The Morgan fingerprint density at radius 1 is 1.50 bits per heavy atom. The normalized spacial score (nSPS) is 11.9. The van der Waals surface area contributed by atoms with Gasteiger partial charge in [0.05, 0.1) is 17.1 Å². The van der Waals surface area contributed by atoms with Crippen LogP contribution in [0.1, 0.15) is 12.6 Å². The summed E-state index contributed by atoms with van der Waals surface area (Å²) >= 11 is 1.43. The van der Waals surface area contributed by atoms with Crippen molar-refractivity contribution in [3.05, 3.63) is 5.69 Å². The molecule has 0 bridgehead atoms. The van der Waals surface area contributed by atoms with Gasteiger partial charge in [0.2, 0.25) is 0 Å². The Morgan fingerprint density at radius 3 is 2.56 bits per heavy atom. The minimum Gasteiger partial charge on any atom is -0.395 e. The molecule has 0 aliphatic rings. The van der Waals surface area contributed by atoms with Crippen molar-refractivity contribution in [3.8, 4) is 0 Å². The summed E-state index contributed by atoms with van der Waals surface area (Å²) < 4.78 is 23.7. The van der Waals surface area contributed by atoms with Gasteiger partial charge < -0.3 is 5.73 Å². The summed E-state index contributed by atoms with van der Waals surface area (Å²) in [6.07, 6.45) is 2.02. The molecule has 0 radical (unpaired) electrons. The molecule has 0 unspecified atom stereocenters. The van der Waals surface area contributed by atoms with Crippen molar-refractivity contribution in [1.82, 2.24) is 9.78 Å².